The van der Waals surface area contributed by atoms with Crippen LogP contribution in [0.25, 0.3) is 0 Å². The first kappa shape index (κ1) is 12.4. The summed E-state index contributed by atoms with van der Waals surface area (Å²) in [6, 6.07) is 16.9. The first-order valence-electron chi connectivity index (χ1n) is 7.06. The van der Waals surface area contributed by atoms with Gasteiger partial charge >= 0.3 is 0 Å². The molecule has 98 valence electrons. The molecule has 0 bridgehead atoms. The number of hydrogen-bond acceptors (Lipinski definition) is 1. The summed E-state index contributed by atoms with van der Waals surface area (Å²) < 4.78 is 0. The summed E-state index contributed by atoms with van der Waals surface area (Å²) in [6.45, 7) is 2.12. The van der Waals surface area contributed by atoms with Gasteiger partial charge in [-0.3, -0.25) is 0 Å². The Morgan fingerprint density at radius 3 is 2.68 bits per heavy atom. The molecular weight excluding hydrogens is 232 g/mol. The third-order valence-corrected chi connectivity index (χ3v) is 4.33. The van der Waals surface area contributed by atoms with Crippen LogP contribution in [0.4, 0.5) is 0 Å². The number of fused-ring (bicyclic) bond motifs is 1. The lowest BCUT2D eigenvalue weighted by Crippen LogP contribution is -2.19. The standard InChI is InChI=1S/C18H20O/c1-13-6-2-3-8-15(13)12-18(19)17-11-10-14-7-4-5-9-16(14)17/h2-9,17-19H,10-12H2,1H3. The predicted octanol–water partition coefficient (Wildman–Crippen LogP) is 3.63. The summed E-state index contributed by atoms with van der Waals surface area (Å²) in [5.74, 6) is 0.302. The average molecular weight is 252 g/mol. The molecule has 2 aromatic carbocycles. The average Bonchev–Trinajstić information content (AvgIpc) is 2.85. The molecule has 1 nitrogen and oxygen atoms in total. The molecule has 1 N–H and O–H groups in total. The Morgan fingerprint density at radius 2 is 1.84 bits per heavy atom. The molecular formula is C18H20O. The SMILES string of the molecule is Cc1ccccc1CC(O)C1CCc2ccccc21. The zero-order valence-corrected chi connectivity index (χ0v) is 11.3. The number of benzene rings is 2. The molecule has 2 atom stereocenters. The van der Waals surface area contributed by atoms with Crippen LogP contribution in [0.1, 0.15) is 34.6 Å². The fourth-order valence-electron chi connectivity index (χ4n) is 3.20. The van der Waals surface area contributed by atoms with E-state index in [2.05, 4.69) is 55.5 Å². The molecule has 0 amide bonds. The zero-order chi connectivity index (χ0) is 13.2. The maximum atomic E-state index is 10.6. The van der Waals surface area contributed by atoms with Crippen molar-refractivity contribution in [1.29, 1.82) is 0 Å². The minimum absolute atomic E-state index is 0.273. The number of aliphatic hydroxyl groups excluding tert-OH is 1. The van der Waals surface area contributed by atoms with Crippen molar-refractivity contribution in [3.63, 3.8) is 0 Å². The van der Waals surface area contributed by atoms with Gasteiger partial charge in [-0.2, -0.15) is 0 Å². The molecule has 0 saturated carbocycles. The van der Waals surface area contributed by atoms with Gasteiger partial charge in [0.2, 0.25) is 0 Å². The van der Waals surface area contributed by atoms with Gasteiger partial charge < -0.3 is 5.11 Å². The van der Waals surface area contributed by atoms with E-state index in [9.17, 15) is 5.11 Å². The van der Waals surface area contributed by atoms with Gasteiger partial charge in [0.25, 0.3) is 0 Å². The number of rotatable bonds is 3. The van der Waals surface area contributed by atoms with Crippen molar-refractivity contribution in [1.82, 2.24) is 0 Å². The van der Waals surface area contributed by atoms with E-state index >= 15 is 0 Å². The van der Waals surface area contributed by atoms with Crippen molar-refractivity contribution < 1.29 is 5.11 Å². The van der Waals surface area contributed by atoms with Gasteiger partial charge in [-0.1, -0.05) is 48.5 Å². The Bertz CT molecular complexity index is 573. The molecule has 0 fully saturated rings. The molecule has 3 rings (SSSR count). The lowest BCUT2D eigenvalue weighted by atomic mass is 9.90. The second-order valence-corrected chi connectivity index (χ2v) is 5.54. The van der Waals surface area contributed by atoms with Crippen molar-refractivity contribution in [3.8, 4) is 0 Å². The molecule has 0 saturated heterocycles. The fourth-order valence-corrected chi connectivity index (χ4v) is 3.20. The van der Waals surface area contributed by atoms with Crippen LogP contribution < -0.4 is 0 Å². The van der Waals surface area contributed by atoms with E-state index in [0.717, 1.165) is 19.3 Å². The van der Waals surface area contributed by atoms with Gasteiger partial charge in [-0.25, -0.2) is 0 Å². The summed E-state index contributed by atoms with van der Waals surface area (Å²) in [5, 5.41) is 10.6. The lowest BCUT2D eigenvalue weighted by molar-refractivity contribution is 0.143. The maximum Gasteiger partial charge on any atom is 0.0649 e. The quantitative estimate of drug-likeness (QED) is 0.884. The third-order valence-electron chi connectivity index (χ3n) is 4.33. The monoisotopic (exact) mass is 252 g/mol. The smallest absolute Gasteiger partial charge is 0.0649 e. The highest BCUT2D eigenvalue weighted by Crippen LogP contribution is 2.36. The van der Waals surface area contributed by atoms with Crippen molar-refractivity contribution in [3.05, 3.63) is 70.8 Å². The van der Waals surface area contributed by atoms with Gasteiger partial charge in [0.05, 0.1) is 6.10 Å². The summed E-state index contributed by atoms with van der Waals surface area (Å²) in [4.78, 5) is 0. The molecule has 1 aliphatic rings. The highest BCUT2D eigenvalue weighted by molar-refractivity contribution is 5.36. The molecule has 1 heteroatoms. The second-order valence-electron chi connectivity index (χ2n) is 5.54. The lowest BCUT2D eigenvalue weighted by Gasteiger charge is -2.20. The van der Waals surface area contributed by atoms with Crippen molar-refractivity contribution in [2.24, 2.45) is 0 Å². The van der Waals surface area contributed by atoms with Crippen LogP contribution in [-0.4, -0.2) is 11.2 Å². The normalized spacial score (nSPS) is 19.2. The molecule has 0 aliphatic heterocycles. The van der Waals surface area contributed by atoms with E-state index in [1.165, 1.54) is 22.3 Å². The van der Waals surface area contributed by atoms with E-state index in [1.807, 2.05) is 0 Å². The first-order chi connectivity index (χ1) is 9.25. The molecule has 0 spiro atoms. The first-order valence-corrected chi connectivity index (χ1v) is 7.06. The van der Waals surface area contributed by atoms with Crippen molar-refractivity contribution in [2.45, 2.75) is 38.2 Å². The Balaban J connectivity index is 1.79. The highest BCUT2D eigenvalue weighted by Gasteiger charge is 2.28. The van der Waals surface area contributed by atoms with Crippen molar-refractivity contribution in [2.75, 3.05) is 0 Å². The Labute approximate surface area is 114 Å². The van der Waals surface area contributed by atoms with Crippen LogP contribution in [-0.2, 0) is 12.8 Å². The van der Waals surface area contributed by atoms with Crippen LogP contribution in [0.2, 0.25) is 0 Å². The minimum Gasteiger partial charge on any atom is -0.392 e. The van der Waals surface area contributed by atoms with E-state index in [0.29, 0.717) is 5.92 Å². The summed E-state index contributed by atoms with van der Waals surface area (Å²) in [5.41, 5.74) is 5.30. The van der Waals surface area contributed by atoms with Crippen LogP contribution in [0, 0.1) is 6.92 Å². The van der Waals surface area contributed by atoms with E-state index in [-0.39, 0.29) is 6.10 Å². The molecule has 0 radical (unpaired) electrons. The summed E-state index contributed by atoms with van der Waals surface area (Å²) in [7, 11) is 0. The highest BCUT2D eigenvalue weighted by atomic mass is 16.3. The summed E-state index contributed by atoms with van der Waals surface area (Å²) in [6.07, 6.45) is 2.66. The fraction of sp³-hybridized carbons (Fsp3) is 0.333. The number of hydrogen-bond donors (Lipinski definition) is 1. The van der Waals surface area contributed by atoms with Gasteiger partial charge in [0.15, 0.2) is 0 Å². The van der Waals surface area contributed by atoms with Gasteiger partial charge in [0.1, 0.15) is 0 Å². The van der Waals surface area contributed by atoms with Gasteiger partial charge in [-0.15, -0.1) is 0 Å². The molecule has 2 unspecified atom stereocenters. The van der Waals surface area contributed by atoms with Crippen LogP contribution in [0.15, 0.2) is 48.5 Å². The van der Waals surface area contributed by atoms with Gasteiger partial charge in [-0.05, 0) is 48.4 Å². The predicted molar refractivity (Wildman–Crippen MR) is 78.4 cm³/mol. The van der Waals surface area contributed by atoms with E-state index in [4.69, 9.17) is 0 Å². The molecule has 1 aliphatic carbocycles. The van der Waals surface area contributed by atoms with Crippen LogP contribution in [0.3, 0.4) is 0 Å². The molecule has 0 heterocycles. The zero-order valence-electron chi connectivity index (χ0n) is 11.3. The third kappa shape index (κ3) is 2.43. The topological polar surface area (TPSA) is 20.2 Å². The largest absolute Gasteiger partial charge is 0.392 e. The summed E-state index contributed by atoms with van der Waals surface area (Å²) >= 11 is 0. The minimum atomic E-state index is -0.273. The molecule has 0 aromatic heterocycles. The Kier molecular flexibility index (Phi) is 3.39. The Morgan fingerprint density at radius 1 is 1.11 bits per heavy atom. The van der Waals surface area contributed by atoms with Crippen LogP contribution in [0.5, 0.6) is 0 Å². The van der Waals surface area contributed by atoms with Crippen molar-refractivity contribution >= 4 is 0 Å². The Hall–Kier alpha value is -1.60. The van der Waals surface area contributed by atoms with E-state index in [1.54, 1.807) is 0 Å². The number of aryl methyl sites for hydroxylation is 2. The maximum absolute atomic E-state index is 10.6. The molecule has 2 aromatic rings. The number of aliphatic hydroxyl groups is 1. The van der Waals surface area contributed by atoms with E-state index < -0.39 is 0 Å². The van der Waals surface area contributed by atoms with Gasteiger partial charge in [0, 0.05) is 5.92 Å². The molecule has 19 heavy (non-hydrogen) atoms. The van der Waals surface area contributed by atoms with Crippen LogP contribution >= 0.6 is 0 Å². The second kappa shape index (κ2) is 5.18.